The standard InChI is InChI=1S/C21H30FN3O3/c1-4-14(3)23-21(28)19(15-10-12-25(13-11-15)18(26)5-2)24-20(27)16-6-8-17(22)9-7-16/h6-9,14-15,19H,4-5,10-13H2,1-3H3,(H,23,28)(H,24,27). The third kappa shape index (κ3) is 5.78. The quantitative estimate of drug-likeness (QED) is 0.750. The first-order valence-electron chi connectivity index (χ1n) is 10.00. The van der Waals surface area contributed by atoms with Crippen LogP contribution in [0.2, 0.25) is 0 Å². The van der Waals surface area contributed by atoms with Crippen molar-refractivity contribution in [3.63, 3.8) is 0 Å². The van der Waals surface area contributed by atoms with Gasteiger partial charge in [-0.3, -0.25) is 14.4 Å². The van der Waals surface area contributed by atoms with Crippen molar-refractivity contribution >= 4 is 17.7 Å². The van der Waals surface area contributed by atoms with Crippen LogP contribution in [0.5, 0.6) is 0 Å². The fourth-order valence-electron chi connectivity index (χ4n) is 3.36. The fraction of sp³-hybridized carbons (Fsp3) is 0.571. The van der Waals surface area contributed by atoms with E-state index in [1.54, 1.807) is 0 Å². The lowest BCUT2D eigenvalue weighted by atomic mass is 9.88. The van der Waals surface area contributed by atoms with Crippen molar-refractivity contribution in [3.05, 3.63) is 35.6 Å². The molecule has 1 saturated heterocycles. The lowest BCUT2D eigenvalue weighted by molar-refractivity contribution is -0.132. The largest absolute Gasteiger partial charge is 0.352 e. The molecule has 2 N–H and O–H groups in total. The number of halogens is 1. The Balaban J connectivity index is 2.11. The first kappa shape index (κ1) is 21.9. The van der Waals surface area contributed by atoms with Crippen molar-refractivity contribution in [2.24, 2.45) is 5.92 Å². The van der Waals surface area contributed by atoms with Crippen molar-refractivity contribution < 1.29 is 18.8 Å². The number of piperidine rings is 1. The van der Waals surface area contributed by atoms with Gasteiger partial charge in [0.1, 0.15) is 11.9 Å². The van der Waals surface area contributed by atoms with Crippen LogP contribution in [-0.4, -0.2) is 47.8 Å². The number of benzene rings is 1. The molecule has 1 aromatic rings. The van der Waals surface area contributed by atoms with Gasteiger partial charge in [-0.1, -0.05) is 13.8 Å². The van der Waals surface area contributed by atoms with Gasteiger partial charge in [0.05, 0.1) is 0 Å². The smallest absolute Gasteiger partial charge is 0.251 e. The highest BCUT2D eigenvalue weighted by molar-refractivity contribution is 5.97. The van der Waals surface area contributed by atoms with Crippen molar-refractivity contribution in [1.82, 2.24) is 15.5 Å². The molecule has 1 aliphatic heterocycles. The number of carbonyl (C=O) groups excluding carboxylic acids is 3. The molecule has 0 aliphatic carbocycles. The molecular formula is C21H30FN3O3. The normalized spacial score (nSPS) is 16.9. The summed E-state index contributed by atoms with van der Waals surface area (Å²) in [6.45, 7) is 6.89. The topological polar surface area (TPSA) is 78.5 Å². The Morgan fingerprint density at radius 2 is 1.71 bits per heavy atom. The molecule has 0 spiro atoms. The monoisotopic (exact) mass is 391 g/mol. The minimum absolute atomic E-state index is 0.000480. The van der Waals surface area contributed by atoms with E-state index < -0.39 is 17.8 Å². The molecule has 1 heterocycles. The average Bonchev–Trinajstić information content (AvgIpc) is 2.71. The zero-order chi connectivity index (χ0) is 20.7. The van der Waals surface area contributed by atoms with E-state index in [-0.39, 0.29) is 23.8 Å². The molecule has 1 aliphatic rings. The Hall–Kier alpha value is -2.44. The van der Waals surface area contributed by atoms with Crippen LogP contribution in [0, 0.1) is 11.7 Å². The number of amides is 3. The van der Waals surface area contributed by atoms with Crippen molar-refractivity contribution in [2.45, 2.75) is 58.5 Å². The van der Waals surface area contributed by atoms with E-state index in [9.17, 15) is 18.8 Å². The number of nitrogens with one attached hydrogen (secondary N) is 2. The Bertz CT molecular complexity index is 685. The first-order valence-corrected chi connectivity index (χ1v) is 10.00. The fourth-order valence-corrected chi connectivity index (χ4v) is 3.36. The molecule has 0 aromatic heterocycles. The third-order valence-corrected chi connectivity index (χ3v) is 5.34. The summed E-state index contributed by atoms with van der Waals surface area (Å²) >= 11 is 0. The van der Waals surface area contributed by atoms with E-state index in [0.717, 1.165) is 6.42 Å². The van der Waals surface area contributed by atoms with Gasteiger partial charge >= 0.3 is 0 Å². The maximum Gasteiger partial charge on any atom is 0.251 e. The van der Waals surface area contributed by atoms with Crippen LogP contribution in [0.25, 0.3) is 0 Å². The molecule has 154 valence electrons. The van der Waals surface area contributed by atoms with Crippen LogP contribution in [0.4, 0.5) is 4.39 Å². The molecule has 2 rings (SSSR count). The van der Waals surface area contributed by atoms with E-state index in [4.69, 9.17) is 0 Å². The zero-order valence-corrected chi connectivity index (χ0v) is 16.8. The highest BCUT2D eigenvalue weighted by Gasteiger charge is 2.34. The van der Waals surface area contributed by atoms with E-state index in [0.29, 0.717) is 37.9 Å². The van der Waals surface area contributed by atoms with Crippen molar-refractivity contribution in [2.75, 3.05) is 13.1 Å². The van der Waals surface area contributed by atoms with Crippen LogP contribution >= 0.6 is 0 Å². The molecule has 6 nitrogen and oxygen atoms in total. The predicted octanol–water partition coefficient (Wildman–Crippen LogP) is 2.49. The van der Waals surface area contributed by atoms with E-state index in [2.05, 4.69) is 10.6 Å². The summed E-state index contributed by atoms with van der Waals surface area (Å²) in [4.78, 5) is 39.2. The maximum absolute atomic E-state index is 13.1. The Morgan fingerprint density at radius 3 is 2.25 bits per heavy atom. The number of hydrogen-bond acceptors (Lipinski definition) is 3. The highest BCUT2D eigenvalue weighted by atomic mass is 19.1. The van der Waals surface area contributed by atoms with Crippen LogP contribution in [0.15, 0.2) is 24.3 Å². The average molecular weight is 391 g/mol. The minimum Gasteiger partial charge on any atom is -0.352 e. The summed E-state index contributed by atoms with van der Waals surface area (Å²) in [6.07, 6.45) is 2.54. The lowest BCUT2D eigenvalue weighted by Gasteiger charge is -2.36. The van der Waals surface area contributed by atoms with Crippen LogP contribution < -0.4 is 10.6 Å². The number of carbonyl (C=O) groups is 3. The van der Waals surface area contributed by atoms with Gasteiger partial charge in [0.15, 0.2) is 0 Å². The van der Waals surface area contributed by atoms with Crippen molar-refractivity contribution in [1.29, 1.82) is 0 Å². The zero-order valence-electron chi connectivity index (χ0n) is 16.8. The van der Waals surface area contributed by atoms with Gasteiger partial charge in [-0.05, 0) is 56.4 Å². The Morgan fingerprint density at radius 1 is 1.11 bits per heavy atom. The van der Waals surface area contributed by atoms with Gasteiger partial charge in [0.2, 0.25) is 11.8 Å². The molecule has 28 heavy (non-hydrogen) atoms. The summed E-state index contributed by atoms with van der Waals surface area (Å²) in [6, 6.07) is 4.55. The molecule has 1 fully saturated rings. The Kier molecular flexibility index (Phi) is 7.96. The number of nitrogens with zero attached hydrogens (tertiary/aromatic N) is 1. The number of hydrogen-bond donors (Lipinski definition) is 2. The van der Waals surface area contributed by atoms with Gasteiger partial charge < -0.3 is 15.5 Å². The summed E-state index contributed by atoms with van der Waals surface area (Å²) < 4.78 is 13.1. The number of rotatable bonds is 7. The summed E-state index contributed by atoms with van der Waals surface area (Å²) in [5, 5.41) is 5.78. The maximum atomic E-state index is 13.1. The van der Waals surface area contributed by atoms with E-state index in [1.165, 1.54) is 24.3 Å². The Labute approximate surface area is 165 Å². The van der Waals surface area contributed by atoms with Crippen molar-refractivity contribution in [3.8, 4) is 0 Å². The molecule has 2 unspecified atom stereocenters. The summed E-state index contributed by atoms with van der Waals surface area (Å²) in [5.74, 6) is -0.999. The minimum atomic E-state index is -0.689. The number of likely N-dealkylation sites (tertiary alicyclic amines) is 1. The molecule has 0 bridgehead atoms. The predicted molar refractivity (Wildman–Crippen MR) is 105 cm³/mol. The molecule has 7 heteroatoms. The van der Waals surface area contributed by atoms with Gasteiger partial charge in [-0.15, -0.1) is 0 Å². The van der Waals surface area contributed by atoms with Crippen LogP contribution in [0.3, 0.4) is 0 Å². The third-order valence-electron chi connectivity index (χ3n) is 5.34. The second-order valence-corrected chi connectivity index (χ2v) is 7.35. The first-order chi connectivity index (χ1) is 13.3. The van der Waals surface area contributed by atoms with E-state index in [1.807, 2.05) is 25.7 Å². The molecule has 0 saturated carbocycles. The highest BCUT2D eigenvalue weighted by Crippen LogP contribution is 2.22. The van der Waals surface area contributed by atoms with E-state index >= 15 is 0 Å². The van der Waals surface area contributed by atoms with Gasteiger partial charge in [-0.25, -0.2) is 4.39 Å². The van der Waals surface area contributed by atoms with Gasteiger partial charge in [-0.2, -0.15) is 0 Å². The lowest BCUT2D eigenvalue weighted by Crippen LogP contribution is -2.55. The molecule has 2 atom stereocenters. The van der Waals surface area contributed by atoms with Gasteiger partial charge in [0, 0.05) is 31.1 Å². The molecular weight excluding hydrogens is 361 g/mol. The SMILES string of the molecule is CCC(=O)N1CCC(C(NC(=O)c2ccc(F)cc2)C(=O)NC(C)CC)CC1. The summed E-state index contributed by atoms with van der Waals surface area (Å²) in [7, 11) is 0. The van der Waals surface area contributed by atoms with Crippen LogP contribution in [0.1, 0.15) is 56.8 Å². The van der Waals surface area contributed by atoms with Crippen LogP contribution in [-0.2, 0) is 9.59 Å². The molecule has 3 amide bonds. The second kappa shape index (κ2) is 10.2. The second-order valence-electron chi connectivity index (χ2n) is 7.35. The summed E-state index contributed by atoms with van der Waals surface area (Å²) in [5.41, 5.74) is 0.307. The molecule has 0 radical (unpaired) electrons. The van der Waals surface area contributed by atoms with Gasteiger partial charge in [0.25, 0.3) is 5.91 Å². The molecule has 1 aromatic carbocycles.